The molecular formula is C19H34O2. The molecule has 0 aromatic heterocycles. The Kier molecular flexibility index (Phi) is 10.3. The van der Waals surface area contributed by atoms with Crippen molar-refractivity contribution in [2.45, 2.75) is 84.0 Å². The molecule has 0 bridgehead atoms. The molecule has 0 fully saturated rings. The maximum atomic E-state index is 11.0. The van der Waals surface area contributed by atoms with Crippen LogP contribution in [0.25, 0.3) is 0 Å². The van der Waals surface area contributed by atoms with Crippen LogP contribution >= 0.6 is 0 Å². The summed E-state index contributed by atoms with van der Waals surface area (Å²) in [6.07, 6.45) is 19.6. The Morgan fingerprint density at radius 3 is 2.14 bits per heavy atom. The number of carbonyl (C=O) groups is 1. The van der Waals surface area contributed by atoms with Crippen molar-refractivity contribution >= 4 is 5.97 Å². The van der Waals surface area contributed by atoms with Crippen molar-refractivity contribution in [3.63, 3.8) is 0 Å². The molecule has 0 saturated heterocycles. The van der Waals surface area contributed by atoms with E-state index in [-0.39, 0.29) is 5.97 Å². The Morgan fingerprint density at radius 2 is 1.52 bits per heavy atom. The number of rotatable bonds is 11. The minimum Gasteiger partial charge on any atom is -0.469 e. The summed E-state index contributed by atoms with van der Waals surface area (Å²) < 4.78 is 4.65. The summed E-state index contributed by atoms with van der Waals surface area (Å²) in [5, 5.41) is 0. The van der Waals surface area contributed by atoms with Crippen LogP contribution in [-0.2, 0) is 9.53 Å². The first-order valence-electron chi connectivity index (χ1n) is 8.99. The molecule has 0 amide bonds. The summed E-state index contributed by atoms with van der Waals surface area (Å²) in [4.78, 5) is 11.0. The molecule has 0 spiro atoms. The number of hydrogen-bond donors (Lipinski definition) is 0. The van der Waals surface area contributed by atoms with E-state index in [1.54, 1.807) is 0 Å². The Labute approximate surface area is 131 Å². The molecule has 0 saturated carbocycles. The van der Waals surface area contributed by atoms with Gasteiger partial charge in [0, 0.05) is 6.42 Å². The lowest BCUT2D eigenvalue weighted by atomic mass is 9.77. The zero-order chi connectivity index (χ0) is 15.3. The van der Waals surface area contributed by atoms with Crippen LogP contribution in [0.3, 0.4) is 0 Å². The van der Waals surface area contributed by atoms with Crippen molar-refractivity contribution in [2.24, 2.45) is 11.8 Å². The number of carbonyl (C=O) groups excluding carboxylic acids is 1. The van der Waals surface area contributed by atoms with E-state index in [4.69, 9.17) is 0 Å². The van der Waals surface area contributed by atoms with Crippen LogP contribution in [-0.4, -0.2) is 13.1 Å². The number of ether oxygens (including phenoxy) is 1. The first kappa shape index (κ1) is 18.3. The van der Waals surface area contributed by atoms with E-state index in [0.717, 1.165) is 18.3 Å². The van der Waals surface area contributed by atoms with Gasteiger partial charge in [0.2, 0.25) is 0 Å². The summed E-state index contributed by atoms with van der Waals surface area (Å²) in [6, 6.07) is 0. The number of esters is 1. The third-order valence-corrected chi connectivity index (χ3v) is 4.80. The molecule has 0 N–H and O–H groups in total. The van der Waals surface area contributed by atoms with Crippen LogP contribution in [0.5, 0.6) is 0 Å². The molecule has 1 aliphatic carbocycles. The maximum Gasteiger partial charge on any atom is 0.305 e. The molecule has 2 nitrogen and oxygen atoms in total. The summed E-state index contributed by atoms with van der Waals surface area (Å²) in [5.74, 6) is 1.82. The molecule has 1 aliphatic rings. The molecule has 0 heterocycles. The summed E-state index contributed by atoms with van der Waals surface area (Å²) >= 11 is 0. The van der Waals surface area contributed by atoms with E-state index in [0.29, 0.717) is 6.42 Å². The van der Waals surface area contributed by atoms with Gasteiger partial charge in [0.25, 0.3) is 0 Å². The smallest absolute Gasteiger partial charge is 0.305 e. The lowest BCUT2D eigenvalue weighted by molar-refractivity contribution is -0.140. The number of unbranched alkanes of at least 4 members (excludes halogenated alkanes) is 5. The molecule has 1 rings (SSSR count). The Balaban J connectivity index is 1.98. The van der Waals surface area contributed by atoms with Crippen molar-refractivity contribution < 1.29 is 9.53 Å². The summed E-state index contributed by atoms with van der Waals surface area (Å²) in [6.45, 7) is 2.31. The highest BCUT2D eigenvalue weighted by atomic mass is 16.5. The van der Waals surface area contributed by atoms with Gasteiger partial charge in [-0.25, -0.2) is 0 Å². The number of allylic oxidation sites excluding steroid dienone is 2. The molecule has 21 heavy (non-hydrogen) atoms. The molecule has 122 valence electrons. The fraction of sp³-hybridized carbons (Fsp3) is 0.842. The second-order valence-electron chi connectivity index (χ2n) is 6.49. The lowest BCUT2D eigenvalue weighted by Gasteiger charge is -2.28. The monoisotopic (exact) mass is 294 g/mol. The highest BCUT2D eigenvalue weighted by Crippen LogP contribution is 2.33. The van der Waals surface area contributed by atoms with Gasteiger partial charge in [-0.2, -0.15) is 0 Å². The minimum absolute atomic E-state index is 0.0673. The van der Waals surface area contributed by atoms with Crippen LogP contribution in [0.1, 0.15) is 84.0 Å². The molecule has 0 aromatic carbocycles. The quantitative estimate of drug-likeness (QED) is 0.279. The van der Waals surface area contributed by atoms with Gasteiger partial charge in [-0.15, -0.1) is 0 Å². The van der Waals surface area contributed by atoms with Crippen LogP contribution in [0, 0.1) is 11.8 Å². The van der Waals surface area contributed by atoms with E-state index >= 15 is 0 Å². The summed E-state index contributed by atoms with van der Waals surface area (Å²) in [5.41, 5.74) is 0. The zero-order valence-electron chi connectivity index (χ0n) is 14.1. The van der Waals surface area contributed by atoms with Crippen LogP contribution in [0.15, 0.2) is 12.2 Å². The number of hydrogen-bond acceptors (Lipinski definition) is 2. The molecule has 2 heteroatoms. The van der Waals surface area contributed by atoms with Crippen molar-refractivity contribution in [1.29, 1.82) is 0 Å². The van der Waals surface area contributed by atoms with E-state index in [9.17, 15) is 4.79 Å². The highest BCUT2D eigenvalue weighted by Gasteiger charge is 2.20. The van der Waals surface area contributed by atoms with E-state index in [1.165, 1.54) is 71.3 Å². The average molecular weight is 294 g/mol. The summed E-state index contributed by atoms with van der Waals surface area (Å²) in [7, 11) is 1.47. The van der Waals surface area contributed by atoms with Crippen LogP contribution in [0.4, 0.5) is 0 Å². The van der Waals surface area contributed by atoms with Crippen LogP contribution in [0.2, 0.25) is 0 Å². The normalized spacial score (nSPS) is 21.4. The SMILES string of the molecule is CCC[C@H]1CC=CC[C@H]1CCCCCCCCC(=O)OC. The van der Waals surface area contributed by atoms with E-state index in [2.05, 4.69) is 23.8 Å². The molecule has 0 unspecified atom stereocenters. The third kappa shape index (κ3) is 8.28. The van der Waals surface area contributed by atoms with Crippen molar-refractivity contribution in [3.05, 3.63) is 12.2 Å². The highest BCUT2D eigenvalue weighted by molar-refractivity contribution is 5.68. The van der Waals surface area contributed by atoms with Gasteiger partial charge in [-0.3, -0.25) is 4.79 Å². The topological polar surface area (TPSA) is 26.3 Å². The molecule has 2 atom stereocenters. The van der Waals surface area contributed by atoms with Crippen molar-refractivity contribution in [1.82, 2.24) is 0 Å². The van der Waals surface area contributed by atoms with Gasteiger partial charge < -0.3 is 4.74 Å². The fourth-order valence-electron chi connectivity index (χ4n) is 3.49. The zero-order valence-corrected chi connectivity index (χ0v) is 14.1. The minimum atomic E-state index is -0.0673. The molecule has 0 radical (unpaired) electrons. The van der Waals surface area contributed by atoms with Gasteiger partial charge in [0.05, 0.1) is 7.11 Å². The maximum absolute atomic E-state index is 11.0. The van der Waals surface area contributed by atoms with E-state index in [1.807, 2.05) is 0 Å². The van der Waals surface area contributed by atoms with Gasteiger partial charge in [-0.1, -0.05) is 64.0 Å². The second-order valence-corrected chi connectivity index (χ2v) is 6.49. The number of methoxy groups -OCH3 is 1. The first-order valence-corrected chi connectivity index (χ1v) is 8.99. The molecule has 0 aliphatic heterocycles. The Hall–Kier alpha value is -0.790. The Morgan fingerprint density at radius 1 is 0.952 bits per heavy atom. The molecule has 0 aromatic rings. The van der Waals surface area contributed by atoms with Gasteiger partial charge in [0.1, 0.15) is 0 Å². The van der Waals surface area contributed by atoms with Crippen LogP contribution < -0.4 is 0 Å². The Bertz CT molecular complexity index is 296. The van der Waals surface area contributed by atoms with Gasteiger partial charge >= 0.3 is 5.97 Å². The third-order valence-electron chi connectivity index (χ3n) is 4.80. The van der Waals surface area contributed by atoms with E-state index < -0.39 is 0 Å². The van der Waals surface area contributed by atoms with Crippen molar-refractivity contribution in [2.75, 3.05) is 7.11 Å². The predicted molar refractivity (Wildman–Crippen MR) is 89.2 cm³/mol. The van der Waals surface area contributed by atoms with Crippen molar-refractivity contribution in [3.8, 4) is 0 Å². The largest absolute Gasteiger partial charge is 0.469 e. The predicted octanol–water partition coefficient (Wildman–Crippen LogP) is 5.66. The average Bonchev–Trinajstić information content (AvgIpc) is 2.51. The fourth-order valence-corrected chi connectivity index (χ4v) is 3.49. The van der Waals surface area contributed by atoms with Gasteiger partial charge in [0.15, 0.2) is 0 Å². The van der Waals surface area contributed by atoms with Gasteiger partial charge in [-0.05, 0) is 37.5 Å². The first-order chi connectivity index (χ1) is 10.3. The molecular weight excluding hydrogens is 260 g/mol. The second kappa shape index (κ2) is 11.8. The standard InChI is InChI=1S/C19H34O2/c1-3-12-17-14-10-11-15-18(17)13-8-6-4-5-7-9-16-19(20)21-2/h10-11,17-18H,3-9,12-16H2,1-2H3/t17-,18+/m0/s1. The lowest BCUT2D eigenvalue weighted by Crippen LogP contribution is -2.16.